The zero-order chi connectivity index (χ0) is 17.7. The van der Waals surface area contributed by atoms with Crippen LogP contribution in [0.4, 0.5) is 15.9 Å². The van der Waals surface area contributed by atoms with Crippen LogP contribution >= 0.6 is 11.8 Å². The standard InChI is InChI=1S/C16H12FN5OS/c1-9-2-3-12(5-13(9)17)21-14(23)8-24-16-11(7-19)4-10(6-18)15(20)22-16/h2-5H,8H2,1H3,(H2,20,22)(H,21,23)/p+1. The van der Waals surface area contributed by atoms with E-state index in [9.17, 15) is 9.18 Å². The Bertz CT molecular complexity index is 885. The molecule has 1 aromatic carbocycles. The van der Waals surface area contributed by atoms with Gasteiger partial charge in [-0.3, -0.25) is 10.5 Å². The molecule has 0 saturated carbocycles. The summed E-state index contributed by atoms with van der Waals surface area (Å²) in [5.74, 6) is -0.643. The molecular weight excluding hydrogens is 329 g/mol. The number of aryl methyl sites for hydroxylation is 1. The minimum Gasteiger partial charge on any atom is -0.325 e. The van der Waals surface area contributed by atoms with Gasteiger partial charge in [0.15, 0.2) is 5.03 Å². The number of anilines is 2. The number of nitrogens with zero attached hydrogens (tertiary/aromatic N) is 2. The number of aromatic nitrogens is 1. The molecule has 0 unspecified atom stereocenters. The predicted molar refractivity (Wildman–Crippen MR) is 87.3 cm³/mol. The Kier molecular flexibility index (Phi) is 5.35. The van der Waals surface area contributed by atoms with E-state index in [4.69, 9.17) is 16.3 Å². The van der Waals surface area contributed by atoms with E-state index in [1.54, 1.807) is 19.1 Å². The number of halogens is 1. The van der Waals surface area contributed by atoms with Gasteiger partial charge in [0.25, 0.3) is 5.82 Å². The van der Waals surface area contributed by atoms with Crippen molar-refractivity contribution < 1.29 is 14.2 Å². The number of nitrogens with two attached hydrogens (primary N) is 1. The smallest absolute Gasteiger partial charge is 0.289 e. The van der Waals surface area contributed by atoms with E-state index in [0.29, 0.717) is 16.3 Å². The molecule has 2 aromatic rings. The highest BCUT2D eigenvalue weighted by Gasteiger charge is 2.16. The number of nitrogens with one attached hydrogen (secondary N) is 2. The van der Waals surface area contributed by atoms with E-state index in [1.165, 1.54) is 12.1 Å². The Morgan fingerprint density at radius 2 is 2.04 bits per heavy atom. The molecule has 0 fully saturated rings. The first kappa shape index (κ1) is 17.3. The Labute approximate surface area is 142 Å². The molecule has 0 aliphatic carbocycles. The molecule has 0 atom stereocenters. The van der Waals surface area contributed by atoms with Crippen LogP contribution in [0, 0.1) is 35.4 Å². The number of benzene rings is 1. The lowest BCUT2D eigenvalue weighted by atomic mass is 10.2. The first-order valence-electron chi connectivity index (χ1n) is 6.79. The fourth-order valence-corrected chi connectivity index (χ4v) is 2.63. The number of hydrogen-bond donors (Lipinski definition) is 2. The summed E-state index contributed by atoms with van der Waals surface area (Å²) in [6, 6.07) is 9.60. The monoisotopic (exact) mass is 342 g/mol. The third-order valence-corrected chi connectivity index (χ3v) is 4.13. The molecule has 6 nitrogen and oxygen atoms in total. The lowest BCUT2D eigenvalue weighted by molar-refractivity contribution is -0.410. The van der Waals surface area contributed by atoms with Crippen LogP contribution in [0.2, 0.25) is 0 Å². The molecule has 0 spiro atoms. The van der Waals surface area contributed by atoms with Crippen molar-refractivity contribution in [2.45, 2.75) is 11.9 Å². The average Bonchev–Trinajstić information content (AvgIpc) is 2.56. The minimum atomic E-state index is -0.402. The van der Waals surface area contributed by atoms with Gasteiger partial charge >= 0.3 is 0 Å². The number of hydrogen-bond acceptors (Lipinski definition) is 5. The number of H-pyrrole nitrogens is 1. The second kappa shape index (κ2) is 7.44. The third-order valence-electron chi connectivity index (χ3n) is 3.12. The Hall–Kier alpha value is -3.10. The van der Waals surface area contributed by atoms with Crippen molar-refractivity contribution >= 4 is 29.2 Å². The SMILES string of the molecule is Cc1ccc(NC(=O)CSc2[nH+]c(N)c(C#N)cc2C#N)cc1F. The van der Waals surface area contributed by atoms with Crippen LogP contribution in [0.15, 0.2) is 29.3 Å². The maximum atomic E-state index is 13.5. The molecule has 0 radical (unpaired) electrons. The van der Waals surface area contributed by atoms with Crippen LogP contribution in [0.25, 0.3) is 0 Å². The number of thioether (sulfide) groups is 1. The van der Waals surface area contributed by atoms with Crippen molar-refractivity contribution in [2.24, 2.45) is 0 Å². The van der Waals surface area contributed by atoms with Crippen LogP contribution in [0.1, 0.15) is 16.7 Å². The van der Waals surface area contributed by atoms with Crippen molar-refractivity contribution in [1.29, 1.82) is 10.5 Å². The molecule has 8 heteroatoms. The number of amides is 1. The zero-order valence-electron chi connectivity index (χ0n) is 12.7. The fraction of sp³-hybridized carbons (Fsp3) is 0.125. The minimum absolute atomic E-state index is 0.00792. The molecule has 0 aliphatic rings. The summed E-state index contributed by atoms with van der Waals surface area (Å²) in [5.41, 5.74) is 6.90. The van der Waals surface area contributed by atoms with Crippen LogP contribution in [0.3, 0.4) is 0 Å². The zero-order valence-corrected chi connectivity index (χ0v) is 13.5. The quantitative estimate of drug-likeness (QED) is 0.824. The van der Waals surface area contributed by atoms with E-state index >= 15 is 0 Å². The summed E-state index contributed by atoms with van der Waals surface area (Å²) in [4.78, 5) is 14.7. The molecular formula is C16H13FN5OS+. The topological polar surface area (TPSA) is 117 Å². The van der Waals surface area contributed by atoms with E-state index in [-0.39, 0.29) is 28.6 Å². The van der Waals surface area contributed by atoms with Gasteiger partial charge in [-0.2, -0.15) is 10.5 Å². The normalized spacial score (nSPS) is 9.83. The van der Waals surface area contributed by atoms with Gasteiger partial charge in [0, 0.05) is 5.69 Å². The summed E-state index contributed by atoms with van der Waals surface area (Å²) in [7, 11) is 0. The summed E-state index contributed by atoms with van der Waals surface area (Å²) in [5, 5.41) is 21.0. The average molecular weight is 342 g/mol. The summed E-state index contributed by atoms with van der Waals surface area (Å²) in [6.45, 7) is 1.63. The molecule has 0 bridgehead atoms. The van der Waals surface area contributed by atoms with Gasteiger partial charge in [0.05, 0.1) is 5.75 Å². The van der Waals surface area contributed by atoms with Gasteiger partial charge in [-0.25, -0.2) is 9.37 Å². The summed E-state index contributed by atoms with van der Waals surface area (Å²) < 4.78 is 13.5. The lowest BCUT2D eigenvalue weighted by Crippen LogP contribution is -2.19. The first-order chi connectivity index (χ1) is 11.4. The number of rotatable bonds is 4. The highest BCUT2D eigenvalue weighted by atomic mass is 32.2. The second-order valence-electron chi connectivity index (χ2n) is 4.86. The van der Waals surface area contributed by atoms with Crippen LogP contribution in [0.5, 0.6) is 0 Å². The predicted octanol–water partition coefficient (Wildman–Crippen LogP) is 2.00. The van der Waals surface area contributed by atoms with E-state index in [2.05, 4.69) is 10.3 Å². The van der Waals surface area contributed by atoms with Crippen LogP contribution in [-0.4, -0.2) is 11.7 Å². The van der Waals surface area contributed by atoms with E-state index in [1.807, 2.05) is 12.1 Å². The molecule has 24 heavy (non-hydrogen) atoms. The number of nitrogen functional groups attached to an aromatic ring is 1. The molecule has 4 N–H and O–H groups in total. The second-order valence-corrected chi connectivity index (χ2v) is 5.85. The van der Waals surface area contributed by atoms with Crippen LogP contribution in [-0.2, 0) is 4.79 Å². The number of carbonyl (C=O) groups excluding carboxylic acids is 1. The molecule has 120 valence electrons. The number of pyridine rings is 1. The van der Waals surface area contributed by atoms with Gasteiger partial charge in [-0.05, 0) is 30.7 Å². The molecule has 2 rings (SSSR count). The van der Waals surface area contributed by atoms with Gasteiger partial charge < -0.3 is 5.32 Å². The van der Waals surface area contributed by atoms with E-state index < -0.39 is 5.82 Å². The van der Waals surface area contributed by atoms with Gasteiger partial charge in [-0.1, -0.05) is 17.8 Å². The Morgan fingerprint density at radius 3 is 2.67 bits per heavy atom. The molecule has 1 amide bonds. The highest BCUT2D eigenvalue weighted by Crippen LogP contribution is 2.21. The molecule has 0 aliphatic heterocycles. The fourth-order valence-electron chi connectivity index (χ4n) is 1.84. The van der Waals surface area contributed by atoms with Gasteiger partial charge in [0.1, 0.15) is 29.1 Å². The van der Waals surface area contributed by atoms with E-state index in [0.717, 1.165) is 11.8 Å². The molecule has 1 aromatic heterocycles. The summed E-state index contributed by atoms with van der Waals surface area (Å²) >= 11 is 1.07. The number of carbonyl (C=O) groups is 1. The van der Waals surface area contributed by atoms with Crippen molar-refractivity contribution in [3.63, 3.8) is 0 Å². The molecule has 0 saturated heterocycles. The van der Waals surface area contributed by atoms with Crippen molar-refractivity contribution in [1.82, 2.24) is 0 Å². The van der Waals surface area contributed by atoms with Crippen LogP contribution < -0.4 is 16.0 Å². The maximum absolute atomic E-state index is 13.5. The summed E-state index contributed by atoms with van der Waals surface area (Å²) in [6.07, 6.45) is 0. The number of nitriles is 2. The first-order valence-corrected chi connectivity index (χ1v) is 7.78. The van der Waals surface area contributed by atoms with Crippen molar-refractivity contribution in [3.05, 3.63) is 46.8 Å². The van der Waals surface area contributed by atoms with Crippen molar-refractivity contribution in [2.75, 3.05) is 16.8 Å². The number of aromatic amines is 1. The third kappa shape index (κ3) is 4.00. The maximum Gasteiger partial charge on any atom is 0.289 e. The van der Waals surface area contributed by atoms with Crippen molar-refractivity contribution in [3.8, 4) is 12.1 Å². The Morgan fingerprint density at radius 1 is 1.33 bits per heavy atom. The van der Waals surface area contributed by atoms with Gasteiger partial charge in [0.2, 0.25) is 5.91 Å². The lowest BCUT2D eigenvalue weighted by Gasteiger charge is -2.06. The van der Waals surface area contributed by atoms with Gasteiger partial charge in [-0.15, -0.1) is 0 Å². The molecule has 1 heterocycles. The largest absolute Gasteiger partial charge is 0.325 e. The highest BCUT2D eigenvalue weighted by molar-refractivity contribution is 7.99. The Balaban J connectivity index is 2.06.